The molecule has 2 aromatic heterocycles. The Bertz CT molecular complexity index is 1310. The van der Waals surface area contributed by atoms with Gasteiger partial charge >= 0.3 is 5.69 Å². The van der Waals surface area contributed by atoms with Crippen molar-refractivity contribution in [3.05, 3.63) is 68.6 Å². The van der Waals surface area contributed by atoms with E-state index < -0.39 is 59.7 Å². The Labute approximate surface area is 186 Å². The first-order valence-corrected chi connectivity index (χ1v) is 10.2. The van der Waals surface area contributed by atoms with Gasteiger partial charge in [-0.1, -0.05) is 18.2 Å². The number of aliphatic hydroxyl groups excluding tert-OH is 2. The number of aliphatic hydroxyl groups is 2. The number of carbonyl (C=O) groups is 2. The number of aromatic nitrogens is 3. The predicted molar refractivity (Wildman–Crippen MR) is 115 cm³/mol. The number of nitrogens with zero attached hydrogens (tertiary/aromatic N) is 1. The van der Waals surface area contributed by atoms with Gasteiger partial charge in [0.05, 0.1) is 18.8 Å². The number of para-hydroxylation sites is 1. The summed E-state index contributed by atoms with van der Waals surface area (Å²) in [7, 11) is 0. The molecule has 12 nitrogen and oxygen atoms in total. The fraction of sp³-hybridized carbons (Fsp3) is 0.333. The zero-order chi connectivity index (χ0) is 23.7. The molecule has 12 heteroatoms. The molecule has 0 spiro atoms. The summed E-state index contributed by atoms with van der Waals surface area (Å²) in [5.74, 6) is -1.84. The Hall–Kier alpha value is -3.58. The topological polar surface area (TPSA) is 193 Å². The van der Waals surface area contributed by atoms with Crippen LogP contribution in [-0.2, 0) is 16.0 Å². The van der Waals surface area contributed by atoms with E-state index in [9.17, 15) is 29.4 Å². The van der Waals surface area contributed by atoms with Gasteiger partial charge < -0.3 is 25.7 Å². The molecular formula is C21H23N5O7. The van der Waals surface area contributed by atoms with Crippen molar-refractivity contribution in [2.45, 2.75) is 37.3 Å². The molecule has 0 bridgehead atoms. The number of benzene rings is 1. The number of H-pyrrole nitrogens is 2. The minimum Gasteiger partial charge on any atom is -0.394 e. The van der Waals surface area contributed by atoms with E-state index in [4.69, 9.17) is 10.5 Å². The van der Waals surface area contributed by atoms with Crippen molar-refractivity contribution in [1.82, 2.24) is 19.9 Å². The zero-order valence-electron chi connectivity index (χ0n) is 17.4. The van der Waals surface area contributed by atoms with Crippen molar-refractivity contribution in [1.29, 1.82) is 0 Å². The lowest BCUT2D eigenvalue weighted by atomic mass is 10.0. The highest BCUT2D eigenvalue weighted by Gasteiger charge is 2.35. The summed E-state index contributed by atoms with van der Waals surface area (Å²) in [5, 5.41) is 22.1. The number of hydrogen-bond acceptors (Lipinski definition) is 8. The molecule has 4 atom stereocenters. The zero-order valence-corrected chi connectivity index (χ0v) is 17.4. The van der Waals surface area contributed by atoms with Crippen molar-refractivity contribution in [3.63, 3.8) is 0 Å². The molecule has 7 N–H and O–H groups in total. The third kappa shape index (κ3) is 4.50. The number of fused-ring (bicyclic) bond motifs is 1. The number of imide groups is 1. The second-order valence-electron chi connectivity index (χ2n) is 7.81. The van der Waals surface area contributed by atoms with Gasteiger partial charge in [-0.3, -0.25) is 29.3 Å². The highest BCUT2D eigenvalue weighted by molar-refractivity contribution is 6.05. The molecule has 1 aliphatic rings. The molecule has 3 heterocycles. The summed E-state index contributed by atoms with van der Waals surface area (Å²) in [4.78, 5) is 54.5. The van der Waals surface area contributed by atoms with Gasteiger partial charge in [0.1, 0.15) is 17.9 Å². The number of rotatable bonds is 6. The fourth-order valence-electron chi connectivity index (χ4n) is 3.81. The summed E-state index contributed by atoms with van der Waals surface area (Å²) in [6.07, 6.45) is -0.146. The quantitative estimate of drug-likeness (QED) is 0.257. The van der Waals surface area contributed by atoms with Crippen LogP contribution in [0.3, 0.4) is 0 Å². The average molecular weight is 457 g/mol. The van der Waals surface area contributed by atoms with Crippen LogP contribution in [0.25, 0.3) is 10.9 Å². The molecule has 0 saturated carbocycles. The van der Waals surface area contributed by atoms with E-state index in [1.54, 1.807) is 6.20 Å². The van der Waals surface area contributed by atoms with Crippen LogP contribution < -0.4 is 22.3 Å². The summed E-state index contributed by atoms with van der Waals surface area (Å²) in [6, 6.07) is 6.41. The van der Waals surface area contributed by atoms with Gasteiger partial charge in [-0.15, -0.1) is 0 Å². The normalized spacial score (nSPS) is 21.2. The first-order valence-electron chi connectivity index (χ1n) is 10.2. The summed E-state index contributed by atoms with van der Waals surface area (Å²) in [5.41, 5.74) is 5.28. The van der Waals surface area contributed by atoms with Crippen LogP contribution in [0.4, 0.5) is 0 Å². The van der Waals surface area contributed by atoms with E-state index in [1.807, 2.05) is 29.2 Å². The largest absolute Gasteiger partial charge is 0.394 e. The van der Waals surface area contributed by atoms with Crippen molar-refractivity contribution in [2.75, 3.05) is 6.61 Å². The Morgan fingerprint density at radius 2 is 2.06 bits per heavy atom. The van der Waals surface area contributed by atoms with E-state index >= 15 is 0 Å². The predicted octanol–water partition coefficient (Wildman–Crippen LogP) is -1.51. The Morgan fingerprint density at radius 3 is 2.79 bits per heavy atom. The van der Waals surface area contributed by atoms with Gasteiger partial charge in [0, 0.05) is 29.7 Å². The van der Waals surface area contributed by atoms with E-state index in [1.165, 1.54) is 0 Å². The van der Waals surface area contributed by atoms with Crippen LogP contribution in [0.15, 0.2) is 46.2 Å². The van der Waals surface area contributed by atoms with Gasteiger partial charge in [0.2, 0.25) is 5.91 Å². The summed E-state index contributed by atoms with van der Waals surface area (Å²) < 4.78 is 6.32. The fourth-order valence-corrected chi connectivity index (χ4v) is 3.81. The van der Waals surface area contributed by atoms with Crippen molar-refractivity contribution in [2.24, 2.45) is 5.73 Å². The van der Waals surface area contributed by atoms with Crippen molar-refractivity contribution in [3.8, 4) is 0 Å². The van der Waals surface area contributed by atoms with E-state index in [0.717, 1.165) is 27.2 Å². The highest BCUT2D eigenvalue weighted by Crippen LogP contribution is 2.27. The van der Waals surface area contributed by atoms with E-state index in [0.29, 0.717) is 0 Å². The molecule has 3 aromatic rings. The van der Waals surface area contributed by atoms with Crippen LogP contribution >= 0.6 is 0 Å². The molecule has 33 heavy (non-hydrogen) atoms. The lowest BCUT2D eigenvalue weighted by Gasteiger charge is -2.15. The Morgan fingerprint density at radius 1 is 1.30 bits per heavy atom. The molecule has 2 amide bonds. The van der Waals surface area contributed by atoms with E-state index in [2.05, 4.69) is 10.3 Å². The molecule has 0 aliphatic carbocycles. The molecule has 1 fully saturated rings. The smallest absolute Gasteiger partial charge is 0.330 e. The lowest BCUT2D eigenvalue weighted by molar-refractivity contribution is -0.121. The summed E-state index contributed by atoms with van der Waals surface area (Å²) in [6.45, 7) is -0.466. The van der Waals surface area contributed by atoms with E-state index in [-0.39, 0.29) is 12.8 Å². The molecule has 1 aliphatic heterocycles. The Kier molecular flexibility index (Phi) is 6.24. The van der Waals surface area contributed by atoms with Crippen LogP contribution in [0.5, 0.6) is 0 Å². The van der Waals surface area contributed by atoms with Crippen molar-refractivity contribution >= 4 is 22.7 Å². The van der Waals surface area contributed by atoms with Crippen LogP contribution in [0.1, 0.15) is 28.6 Å². The third-order valence-electron chi connectivity index (χ3n) is 5.60. The number of nitrogens with one attached hydrogen (secondary N) is 3. The van der Waals surface area contributed by atoms with Gasteiger partial charge in [-0.05, 0) is 18.1 Å². The average Bonchev–Trinajstić information content (AvgIpc) is 3.36. The maximum Gasteiger partial charge on any atom is 0.330 e. The minimum atomic E-state index is -1.07. The van der Waals surface area contributed by atoms with Crippen LogP contribution in [-0.4, -0.2) is 61.4 Å². The molecule has 174 valence electrons. The maximum absolute atomic E-state index is 12.6. The first-order chi connectivity index (χ1) is 15.8. The number of nitrogens with two attached hydrogens (primary N) is 1. The van der Waals surface area contributed by atoms with Gasteiger partial charge in [0.25, 0.3) is 11.5 Å². The highest BCUT2D eigenvalue weighted by atomic mass is 16.5. The second-order valence-corrected chi connectivity index (χ2v) is 7.81. The minimum absolute atomic E-state index is 0.0351. The molecule has 0 unspecified atom stereocenters. The molecule has 0 radical (unpaired) electrons. The number of amides is 2. The number of aromatic amines is 2. The maximum atomic E-state index is 12.6. The monoisotopic (exact) mass is 457 g/mol. The van der Waals surface area contributed by atoms with Gasteiger partial charge in [0.15, 0.2) is 0 Å². The number of carbonyl (C=O) groups excluding carboxylic acids is 2. The standard InChI is InChI=1S/C21H23N5O7/c22-13(5-10-7-23-14-4-2-1-3-11(10)14)20(31)24-18(29)12-8-26(21(32)25-19(12)30)17-6-15(28)16(9-27)33-17/h1-4,7-8,13,15-17,23,27-28H,5-6,9,22H2,(H,24,29,31)(H,25,30,32)/t13-,15-,16+,17+/m0/s1. The van der Waals surface area contributed by atoms with Gasteiger partial charge in [-0.25, -0.2) is 4.79 Å². The number of ether oxygens (including phenoxy) is 1. The third-order valence-corrected chi connectivity index (χ3v) is 5.60. The second kappa shape index (κ2) is 9.11. The Balaban J connectivity index is 1.49. The molecule has 1 aromatic carbocycles. The first kappa shape index (κ1) is 22.6. The lowest BCUT2D eigenvalue weighted by Crippen LogP contribution is -2.46. The summed E-state index contributed by atoms with van der Waals surface area (Å²) >= 11 is 0. The van der Waals surface area contributed by atoms with Crippen molar-refractivity contribution < 1.29 is 24.5 Å². The van der Waals surface area contributed by atoms with Crippen LogP contribution in [0.2, 0.25) is 0 Å². The molecule has 1 saturated heterocycles. The van der Waals surface area contributed by atoms with Gasteiger partial charge in [-0.2, -0.15) is 0 Å². The SMILES string of the molecule is N[C@@H](Cc1c[nH]c2ccccc12)C(=O)NC(=O)c1cn([C@H]2C[C@H](O)[C@@H](CO)O2)c(=O)[nH]c1=O. The molecular weight excluding hydrogens is 434 g/mol. The number of hydrogen-bond donors (Lipinski definition) is 6. The van der Waals surface area contributed by atoms with Crippen LogP contribution in [0, 0.1) is 0 Å². The molecule has 4 rings (SSSR count).